The van der Waals surface area contributed by atoms with E-state index in [1.165, 1.54) is 0 Å². The zero-order valence-corrected chi connectivity index (χ0v) is 9.01. The number of carbonyl (C=O) groups is 2. The maximum atomic E-state index is 9.55. The molecule has 0 aliphatic heterocycles. The van der Waals surface area contributed by atoms with Crippen molar-refractivity contribution in [3.05, 3.63) is 12.2 Å². The molecule has 0 aromatic heterocycles. The first-order chi connectivity index (χ1) is 3.63. The van der Waals surface area contributed by atoms with Crippen molar-refractivity contribution in [3.8, 4) is 0 Å². The van der Waals surface area contributed by atoms with E-state index < -0.39 is 11.9 Å². The summed E-state index contributed by atoms with van der Waals surface area (Å²) in [5.74, 6) is -2.51. The number of hydrogen-bond acceptors (Lipinski definition) is 2. The summed E-state index contributed by atoms with van der Waals surface area (Å²) >= 11 is 0. The maximum Gasteiger partial charge on any atom is 2.00 e. The van der Waals surface area contributed by atoms with Crippen molar-refractivity contribution in [2.75, 3.05) is 0 Å². The molecule has 9 heavy (non-hydrogen) atoms. The van der Waals surface area contributed by atoms with E-state index in [0.29, 0.717) is 12.2 Å². The largest absolute Gasteiger partial charge is 2.00 e. The van der Waals surface area contributed by atoms with Gasteiger partial charge in [0.25, 0.3) is 0 Å². The van der Waals surface area contributed by atoms with Gasteiger partial charge in [0.2, 0.25) is 0 Å². The molecule has 0 bridgehead atoms. The van der Waals surface area contributed by atoms with Crippen LogP contribution in [0.25, 0.3) is 0 Å². The van der Waals surface area contributed by atoms with Crippen molar-refractivity contribution in [1.82, 2.24) is 0 Å². The zero-order valence-electron chi connectivity index (χ0n) is 6.57. The van der Waals surface area contributed by atoms with Crippen LogP contribution in [0.15, 0.2) is 12.2 Å². The van der Waals surface area contributed by atoms with E-state index in [4.69, 9.17) is 10.2 Å². The average molecular weight is 255 g/mol. The summed E-state index contributed by atoms with van der Waals surface area (Å²) in [5, 5.41) is 15.6. The second kappa shape index (κ2) is 6.37. The van der Waals surface area contributed by atoms with Crippen molar-refractivity contribution < 1.29 is 22.7 Å². The summed E-state index contributed by atoms with van der Waals surface area (Å²) in [6, 6.07) is 0. The molecule has 0 fully saturated rings. The van der Waals surface area contributed by atoms with Crippen LogP contribution in [0.1, 0.15) is 2.85 Å². The van der Waals surface area contributed by atoms with Gasteiger partial charge in [-0.15, -0.1) is 0 Å². The van der Waals surface area contributed by atoms with Crippen LogP contribution in [-0.2, 0) is 9.59 Å². The van der Waals surface area contributed by atoms with Crippen LogP contribution in [0.4, 0.5) is 0 Å². The van der Waals surface area contributed by atoms with Crippen LogP contribution in [0.5, 0.6) is 0 Å². The summed E-state index contributed by atoms with van der Waals surface area (Å²) in [5.41, 5.74) is 0. The molecule has 2 N–H and O–H groups in total. The Bertz CT molecular complexity index is 131. The van der Waals surface area contributed by atoms with Crippen LogP contribution in [0, 0.1) is 0 Å². The second-order valence-corrected chi connectivity index (χ2v) is 1.01. The van der Waals surface area contributed by atoms with E-state index in [1.807, 2.05) is 0 Å². The number of carboxylic acids is 2. The van der Waals surface area contributed by atoms with Gasteiger partial charge in [0, 0.05) is 12.2 Å². The Balaban J connectivity index is -0.0000000817. The molecule has 0 aliphatic rings. The van der Waals surface area contributed by atoms with E-state index >= 15 is 0 Å². The predicted molar refractivity (Wildman–Crippen MR) is 32.4 cm³/mol. The summed E-state index contributed by atoms with van der Waals surface area (Å²) in [6.07, 6.45) is 1.12. The Morgan fingerprint density at radius 1 is 1.11 bits per heavy atom. The first-order valence-corrected chi connectivity index (χ1v) is 1.77. The third-order valence-corrected chi connectivity index (χ3v) is 0.368. The molecule has 0 rings (SSSR count). The SMILES string of the molecule is O=C(O)/C=C\C(=O)O.[Ba+2].[H-].[H-]. The van der Waals surface area contributed by atoms with Gasteiger partial charge in [0.05, 0.1) is 0 Å². The number of rotatable bonds is 2. The second-order valence-electron chi connectivity index (χ2n) is 1.01. The summed E-state index contributed by atoms with van der Waals surface area (Å²) in [6.45, 7) is 0. The van der Waals surface area contributed by atoms with Gasteiger partial charge < -0.3 is 13.1 Å². The Kier molecular flexibility index (Phi) is 8.48. The van der Waals surface area contributed by atoms with Gasteiger partial charge in [-0.25, -0.2) is 9.59 Å². The van der Waals surface area contributed by atoms with Crippen LogP contribution in [0.2, 0.25) is 0 Å². The summed E-state index contributed by atoms with van der Waals surface area (Å²) in [4.78, 5) is 19.1. The van der Waals surface area contributed by atoms with Gasteiger partial charge in [0.15, 0.2) is 0 Å². The van der Waals surface area contributed by atoms with Gasteiger partial charge in [-0.05, 0) is 0 Å². The normalized spacial score (nSPS) is 8.44. The number of hydrogen-bond donors (Lipinski definition) is 2. The van der Waals surface area contributed by atoms with E-state index in [0.717, 1.165) is 0 Å². The van der Waals surface area contributed by atoms with Crippen molar-refractivity contribution in [2.24, 2.45) is 0 Å². The van der Waals surface area contributed by atoms with Crippen LogP contribution in [-0.4, -0.2) is 71.0 Å². The fourth-order valence-electron chi connectivity index (χ4n) is 0.143. The third kappa shape index (κ3) is 11.7. The molecule has 0 radical (unpaired) electrons. The van der Waals surface area contributed by atoms with E-state index in [9.17, 15) is 9.59 Å². The molecule has 0 amide bonds. The number of aliphatic carboxylic acids is 2. The quantitative estimate of drug-likeness (QED) is 0.518. The molecule has 0 saturated carbocycles. The molecule has 0 heterocycles. The molecule has 0 aromatic carbocycles. The average Bonchev–Trinajstić information content (AvgIpc) is 1.61. The van der Waals surface area contributed by atoms with Gasteiger partial charge in [-0.2, -0.15) is 0 Å². The fraction of sp³-hybridized carbons (Fsp3) is 0. The maximum absolute atomic E-state index is 9.55. The molecule has 0 spiro atoms. The topological polar surface area (TPSA) is 74.6 Å². The first kappa shape index (κ1) is 12.0. The minimum absolute atomic E-state index is 0. The van der Waals surface area contributed by atoms with E-state index in [2.05, 4.69) is 0 Å². The standard InChI is InChI=1S/C4H4O4.Ba.2H/c5-3(6)1-2-4(7)8;;;/h1-2H,(H,5,6)(H,7,8);;;/q;+2;2*-1/b2-1-;;;. The molecule has 48 valence electrons. The minimum atomic E-state index is -1.26. The van der Waals surface area contributed by atoms with E-state index in [-0.39, 0.29) is 51.7 Å². The molecule has 0 unspecified atom stereocenters. The zero-order chi connectivity index (χ0) is 6.57. The first-order valence-electron chi connectivity index (χ1n) is 1.77. The Morgan fingerprint density at radius 2 is 1.33 bits per heavy atom. The summed E-state index contributed by atoms with van der Waals surface area (Å²) < 4.78 is 0. The monoisotopic (exact) mass is 256 g/mol. The minimum Gasteiger partial charge on any atom is -1.00 e. The smallest absolute Gasteiger partial charge is 1.00 e. The number of carboxylic acid groups (broad SMARTS) is 2. The predicted octanol–water partition coefficient (Wildman–Crippen LogP) is -0.444. The van der Waals surface area contributed by atoms with Gasteiger partial charge in [-0.1, -0.05) is 0 Å². The molecule has 0 aliphatic carbocycles. The van der Waals surface area contributed by atoms with Crippen LogP contribution < -0.4 is 0 Å². The van der Waals surface area contributed by atoms with Crippen molar-refractivity contribution in [3.63, 3.8) is 0 Å². The molecule has 4 nitrogen and oxygen atoms in total. The molecule has 0 atom stereocenters. The van der Waals surface area contributed by atoms with Crippen LogP contribution >= 0.6 is 0 Å². The molecule has 0 aromatic rings. The molecular weight excluding hydrogens is 249 g/mol. The Morgan fingerprint density at radius 3 is 1.44 bits per heavy atom. The molecule has 0 saturated heterocycles. The van der Waals surface area contributed by atoms with Gasteiger partial charge in [0.1, 0.15) is 0 Å². The van der Waals surface area contributed by atoms with E-state index in [1.54, 1.807) is 0 Å². The Labute approximate surface area is 94.6 Å². The van der Waals surface area contributed by atoms with Crippen molar-refractivity contribution in [2.45, 2.75) is 0 Å². The van der Waals surface area contributed by atoms with Crippen molar-refractivity contribution in [1.29, 1.82) is 0 Å². The third-order valence-electron chi connectivity index (χ3n) is 0.368. The molecular formula is C4H6BaO4. The Hall–Kier alpha value is 0.251. The van der Waals surface area contributed by atoms with Gasteiger partial charge >= 0.3 is 60.8 Å². The molecule has 5 heteroatoms. The van der Waals surface area contributed by atoms with Crippen molar-refractivity contribution >= 4 is 60.8 Å². The van der Waals surface area contributed by atoms with Crippen LogP contribution in [0.3, 0.4) is 0 Å². The van der Waals surface area contributed by atoms with Gasteiger partial charge in [-0.3, -0.25) is 0 Å². The fourth-order valence-corrected chi connectivity index (χ4v) is 0.143. The summed E-state index contributed by atoms with van der Waals surface area (Å²) in [7, 11) is 0.